The van der Waals surface area contributed by atoms with E-state index in [1.807, 2.05) is 93.2 Å². The van der Waals surface area contributed by atoms with E-state index in [2.05, 4.69) is 10.4 Å². The van der Waals surface area contributed by atoms with Crippen molar-refractivity contribution in [3.63, 3.8) is 0 Å². The first-order valence-electron chi connectivity index (χ1n) is 12.4. The number of aryl methyl sites for hydroxylation is 3. The van der Waals surface area contributed by atoms with Crippen molar-refractivity contribution < 1.29 is 9.53 Å². The van der Waals surface area contributed by atoms with Crippen molar-refractivity contribution in [2.24, 2.45) is 4.99 Å². The van der Waals surface area contributed by atoms with Crippen molar-refractivity contribution in [2.45, 2.75) is 40.3 Å². The van der Waals surface area contributed by atoms with Gasteiger partial charge in [0.2, 0.25) is 0 Å². The second-order valence-corrected chi connectivity index (χ2v) is 10.2. The van der Waals surface area contributed by atoms with E-state index in [1.165, 1.54) is 11.3 Å². The average molecular weight is 528 g/mol. The van der Waals surface area contributed by atoms with Crippen LogP contribution in [0.1, 0.15) is 42.3 Å². The number of ether oxygens (including phenoxy) is 1. The van der Waals surface area contributed by atoms with Crippen LogP contribution in [0.4, 0.5) is 5.69 Å². The fourth-order valence-corrected chi connectivity index (χ4v) is 5.63. The molecule has 5 rings (SSSR count). The summed E-state index contributed by atoms with van der Waals surface area (Å²) in [5, 5.41) is 7.53. The number of allylic oxidation sites excluding steroid dienone is 1. The Morgan fingerprint density at radius 1 is 1.13 bits per heavy atom. The molecule has 9 heteroatoms. The van der Waals surface area contributed by atoms with Gasteiger partial charge >= 0.3 is 0 Å². The minimum absolute atomic E-state index is 0.202. The Morgan fingerprint density at radius 3 is 2.53 bits per heavy atom. The van der Waals surface area contributed by atoms with Gasteiger partial charge < -0.3 is 10.1 Å². The summed E-state index contributed by atoms with van der Waals surface area (Å²) in [4.78, 5) is 32.9. The van der Waals surface area contributed by atoms with Crippen LogP contribution >= 0.6 is 11.3 Å². The van der Waals surface area contributed by atoms with Gasteiger partial charge in [0.15, 0.2) is 4.80 Å². The molecule has 0 fully saturated rings. The summed E-state index contributed by atoms with van der Waals surface area (Å²) < 4.78 is 9.34. The first-order valence-corrected chi connectivity index (χ1v) is 13.2. The first kappa shape index (κ1) is 25.4. The quantitative estimate of drug-likeness (QED) is 0.414. The number of benzene rings is 2. The molecule has 0 bridgehead atoms. The number of hydrogen-bond acceptors (Lipinski definition) is 6. The van der Waals surface area contributed by atoms with Crippen molar-refractivity contribution in [1.82, 2.24) is 14.3 Å². The molecule has 38 heavy (non-hydrogen) atoms. The van der Waals surface area contributed by atoms with Gasteiger partial charge in [-0.2, -0.15) is 5.10 Å². The summed E-state index contributed by atoms with van der Waals surface area (Å²) in [6, 6.07) is 14.4. The lowest BCUT2D eigenvalue weighted by molar-refractivity contribution is -0.113. The van der Waals surface area contributed by atoms with Crippen molar-refractivity contribution in [1.29, 1.82) is 0 Å². The Morgan fingerprint density at radius 2 is 1.87 bits per heavy atom. The molecule has 3 heterocycles. The number of carbonyl (C=O) groups excluding carboxylic acids is 1. The van der Waals surface area contributed by atoms with Gasteiger partial charge in [-0.05, 0) is 63.1 Å². The van der Waals surface area contributed by atoms with Gasteiger partial charge in [-0.25, -0.2) is 4.99 Å². The average Bonchev–Trinajstić information content (AvgIpc) is 3.42. The predicted octanol–water partition coefficient (Wildman–Crippen LogP) is 3.72. The summed E-state index contributed by atoms with van der Waals surface area (Å²) in [6.45, 7) is 8.44. The van der Waals surface area contributed by atoms with Crippen LogP contribution in [0.5, 0.6) is 5.75 Å². The molecule has 1 amide bonds. The molecule has 8 nitrogen and oxygen atoms in total. The highest BCUT2D eigenvalue weighted by molar-refractivity contribution is 7.07. The number of thiazole rings is 1. The third kappa shape index (κ3) is 4.61. The highest BCUT2D eigenvalue weighted by atomic mass is 32.1. The fourth-order valence-electron chi connectivity index (χ4n) is 4.59. The number of anilines is 1. The number of methoxy groups -OCH3 is 1. The largest absolute Gasteiger partial charge is 0.497 e. The molecular weight excluding hydrogens is 498 g/mol. The second-order valence-electron chi connectivity index (χ2n) is 9.15. The molecule has 0 radical (unpaired) electrons. The topological polar surface area (TPSA) is 90.5 Å². The number of amides is 1. The van der Waals surface area contributed by atoms with E-state index in [1.54, 1.807) is 11.7 Å². The molecular formula is C29H29N5O3S. The normalized spacial score (nSPS) is 15.3. The van der Waals surface area contributed by atoms with E-state index >= 15 is 0 Å². The lowest BCUT2D eigenvalue weighted by Gasteiger charge is -2.25. The van der Waals surface area contributed by atoms with Gasteiger partial charge in [-0.15, -0.1) is 0 Å². The van der Waals surface area contributed by atoms with Crippen molar-refractivity contribution >= 4 is 29.0 Å². The minimum Gasteiger partial charge on any atom is -0.497 e. The number of fused-ring (bicyclic) bond motifs is 1. The molecule has 2 aromatic carbocycles. The molecule has 1 atom stereocenters. The smallest absolute Gasteiger partial charge is 0.271 e. The predicted molar refractivity (Wildman–Crippen MR) is 149 cm³/mol. The van der Waals surface area contributed by atoms with Gasteiger partial charge in [-0.1, -0.05) is 41.7 Å². The number of para-hydroxylation sites is 1. The van der Waals surface area contributed by atoms with Crippen LogP contribution in [0.3, 0.4) is 0 Å². The summed E-state index contributed by atoms with van der Waals surface area (Å²) in [5.74, 6) is 0.395. The van der Waals surface area contributed by atoms with E-state index in [-0.39, 0.29) is 11.5 Å². The molecule has 1 aliphatic rings. The van der Waals surface area contributed by atoms with Gasteiger partial charge in [0.05, 0.1) is 34.6 Å². The van der Waals surface area contributed by atoms with Gasteiger partial charge in [0, 0.05) is 24.0 Å². The van der Waals surface area contributed by atoms with Crippen LogP contribution in [0.2, 0.25) is 0 Å². The number of carbonyl (C=O) groups is 1. The Kier molecular flexibility index (Phi) is 6.86. The van der Waals surface area contributed by atoms with Crippen molar-refractivity contribution in [3.8, 4) is 5.75 Å². The molecule has 194 valence electrons. The van der Waals surface area contributed by atoms with E-state index in [9.17, 15) is 9.59 Å². The fraction of sp³-hybridized carbons (Fsp3) is 0.241. The Bertz CT molecular complexity index is 1740. The molecule has 2 aromatic heterocycles. The van der Waals surface area contributed by atoms with Gasteiger partial charge in [-0.3, -0.25) is 18.8 Å². The minimum atomic E-state index is -0.650. The van der Waals surface area contributed by atoms with Crippen LogP contribution in [0, 0.1) is 13.8 Å². The lowest BCUT2D eigenvalue weighted by Crippen LogP contribution is -2.40. The third-order valence-corrected chi connectivity index (χ3v) is 7.67. The van der Waals surface area contributed by atoms with Gasteiger partial charge in [0.1, 0.15) is 5.75 Å². The Labute approximate surface area is 224 Å². The first-order chi connectivity index (χ1) is 18.3. The zero-order valence-electron chi connectivity index (χ0n) is 22.0. The summed E-state index contributed by atoms with van der Waals surface area (Å²) >= 11 is 1.31. The van der Waals surface area contributed by atoms with E-state index in [4.69, 9.17) is 9.73 Å². The van der Waals surface area contributed by atoms with Crippen LogP contribution < -0.4 is 24.9 Å². The number of nitrogens with zero attached hydrogens (tertiary/aromatic N) is 4. The number of nitrogens with one attached hydrogen (secondary N) is 1. The highest BCUT2D eigenvalue weighted by Gasteiger charge is 2.32. The maximum Gasteiger partial charge on any atom is 0.271 e. The third-order valence-electron chi connectivity index (χ3n) is 6.69. The summed E-state index contributed by atoms with van der Waals surface area (Å²) in [5.41, 5.74) is 4.97. The number of rotatable bonds is 6. The molecule has 1 aliphatic heterocycles. The monoisotopic (exact) mass is 527 g/mol. The van der Waals surface area contributed by atoms with Crippen molar-refractivity contribution in [3.05, 3.63) is 108 Å². The number of hydrogen-bond donors (Lipinski definition) is 1. The van der Waals surface area contributed by atoms with E-state index < -0.39 is 6.04 Å². The number of aromatic nitrogens is 3. The van der Waals surface area contributed by atoms with Crippen LogP contribution in [0.15, 0.2) is 75.8 Å². The van der Waals surface area contributed by atoms with Crippen LogP contribution in [0.25, 0.3) is 6.08 Å². The second kappa shape index (κ2) is 10.3. The molecule has 0 spiro atoms. The standard InChI is InChI=1S/C29H29N5O3S/c1-6-33-16-21(18(3)32-33)15-24-28(36)34-26(20-11-13-22(37-5)14-12-20)25(19(4)30-29(34)38-24)27(35)31-23-10-8-7-9-17(23)2/h7-16,26H,6H2,1-5H3,(H,31,35)/b24-15+. The Hall–Kier alpha value is -4.24. The molecule has 1 unspecified atom stereocenters. The summed E-state index contributed by atoms with van der Waals surface area (Å²) in [7, 11) is 1.60. The van der Waals surface area contributed by atoms with Crippen molar-refractivity contribution in [2.75, 3.05) is 12.4 Å². The summed E-state index contributed by atoms with van der Waals surface area (Å²) in [6.07, 6.45) is 3.79. The molecule has 1 N–H and O–H groups in total. The molecule has 0 saturated carbocycles. The maximum absolute atomic E-state index is 13.9. The van der Waals surface area contributed by atoms with E-state index in [0.29, 0.717) is 32.0 Å². The highest BCUT2D eigenvalue weighted by Crippen LogP contribution is 2.32. The zero-order valence-corrected chi connectivity index (χ0v) is 22.8. The lowest BCUT2D eigenvalue weighted by atomic mass is 9.95. The zero-order chi connectivity index (χ0) is 27.0. The van der Waals surface area contributed by atoms with Gasteiger partial charge in [0.25, 0.3) is 11.5 Å². The van der Waals surface area contributed by atoms with Crippen LogP contribution in [-0.2, 0) is 11.3 Å². The molecule has 4 aromatic rings. The SMILES string of the molecule is CCn1cc(/C=c2/sc3n(c2=O)C(c2ccc(OC)cc2)C(C(=O)Nc2ccccc2C)=C(C)N=3)c(C)n1. The van der Waals surface area contributed by atoms with E-state index in [0.717, 1.165) is 28.9 Å². The van der Waals surface area contributed by atoms with Crippen LogP contribution in [-0.4, -0.2) is 27.4 Å². The molecule has 0 saturated heterocycles. The maximum atomic E-state index is 13.9. The molecule has 0 aliphatic carbocycles. The Balaban J connectivity index is 1.67.